The van der Waals surface area contributed by atoms with E-state index in [0.29, 0.717) is 12.2 Å². The minimum Gasteiger partial charge on any atom is -0.305 e. The Morgan fingerprint density at radius 2 is 1.40 bits per heavy atom. The quantitative estimate of drug-likeness (QED) is 0.108. The zero-order valence-corrected chi connectivity index (χ0v) is 32.7. The van der Waals surface area contributed by atoms with Gasteiger partial charge >= 0.3 is 0 Å². The number of aryl methyl sites for hydroxylation is 3. The smallest absolute Gasteiger partial charge is 0.184 e. The van der Waals surface area contributed by atoms with E-state index in [0.717, 1.165) is 99.3 Å². The minimum absolute atomic E-state index is 0.109. The fraction of sp³-hybridized carbons (Fsp3) is 0.200. The molecule has 0 bridgehead atoms. The maximum atomic E-state index is 12.5. The number of aromatic nitrogens is 7. The van der Waals surface area contributed by atoms with Gasteiger partial charge in [-0.25, -0.2) is 14.6 Å². The molecule has 58 heavy (non-hydrogen) atoms. The number of pyridine rings is 1. The van der Waals surface area contributed by atoms with Crippen molar-refractivity contribution in [3.05, 3.63) is 190 Å². The average Bonchev–Trinajstić information content (AvgIpc) is 4.09. The fourth-order valence-electron chi connectivity index (χ4n) is 9.45. The first-order chi connectivity index (χ1) is 28.5. The number of benzene rings is 5. The Morgan fingerprint density at radius 3 is 2.03 bits per heavy atom. The van der Waals surface area contributed by atoms with E-state index in [1.807, 2.05) is 29.0 Å². The van der Waals surface area contributed by atoms with Crippen molar-refractivity contribution in [1.82, 2.24) is 34.7 Å². The van der Waals surface area contributed by atoms with Gasteiger partial charge in [-0.05, 0) is 105 Å². The van der Waals surface area contributed by atoms with Crippen molar-refractivity contribution in [2.45, 2.75) is 64.0 Å². The summed E-state index contributed by atoms with van der Waals surface area (Å²) in [7, 11) is 0. The van der Waals surface area contributed by atoms with E-state index >= 15 is 0 Å². The lowest BCUT2D eigenvalue weighted by Gasteiger charge is -2.36. The number of fused-ring (bicyclic) bond motifs is 2. The number of hydrogen-bond acceptors (Lipinski definition) is 6. The largest absolute Gasteiger partial charge is 0.305 e. The molecular weight excluding hydrogens is 715 g/mol. The van der Waals surface area contributed by atoms with Crippen LogP contribution in [-0.2, 0) is 23.2 Å². The van der Waals surface area contributed by atoms with Gasteiger partial charge in [0.05, 0.1) is 11.7 Å². The first-order valence-electron chi connectivity index (χ1n) is 20.3. The Morgan fingerprint density at radius 1 is 0.741 bits per heavy atom. The third-order valence-electron chi connectivity index (χ3n) is 12.1. The summed E-state index contributed by atoms with van der Waals surface area (Å²) in [5.74, 6) is 1.95. The molecule has 1 atom stereocenters. The molecule has 0 aliphatic heterocycles. The van der Waals surface area contributed by atoms with Crippen LogP contribution < -0.4 is 0 Å². The Kier molecular flexibility index (Phi) is 8.97. The molecule has 2 aliphatic rings. The number of Topliss-reactive ketones (excluding diaryl/α,β-unsaturated/α-hetero) is 1. The van der Waals surface area contributed by atoms with Crippen molar-refractivity contribution >= 4 is 23.0 Å². The topological polar surface area (TPSA) is 91.4 Å². The lowest BCUT2D eigenvalue weighted by Crippen LogP contribution is -2.39. The molecule has 0 amide bonds. The van der Waals surface area contributed by atoms with E-state index in [4.69, 9.17) is 20.3 Å². The van der Waals surface area contributed by atoms with Gasteiger partial charge in [0.2, 0.25) is 0 Å². The number of carbonyl (C=O) groups excluding carboxylic acids is 1. The lowest BCUT2D eigenvalue weighted by molar-refractivity contribution is -0.114. The van der Waals surface area contributed by atoms with Crippen LogP contribution >= 0.6 is 0 Å². The Bertz CT molecular complexity index is 2740. The first kappa shape index (κ1) is 35.6. The van der Waals surface area contributed by atoms with Gasteiger partial charge in [-0.15, -0.1) is 5.10 Å². The van der Waals surface area contributed by atoms with E-state index in [-0.39, 0.29) is 11.8 Å². The molecule has 0 saturated heterocycles. The summed E-state index contributed by atoms with van der Waals surface area (Å²) in [6, 6.07) is 49.1. The van der Waals surface area contributed by atoms with Crippen LogP contribution in [0.2, 0.25) is 0 Å². The summed E-state index contributed by atoms with van der Waals surface area (Å²) >= 11 is 0. The minimum atomic E-state index is -0.860. The molecule has 0 radical (unpaired) electrons. The molecule has 1 saturated carbocycles. The lowest BCUT2D eigenvalue weighted by atomic mass is 9.77. The zero-order chi connectivity index (χ0) is 39.2. The van der Waals surface area contributed by atoms with Crippen molar-refractivity contribution in [2.24, 2.45) is 0 Å². The van der Waals surface area contributed by atoms with E-state index in [9.17, 15) is 4.79 Å². The van der Waals surface area contributed by atoms with E-state index in [1.54, 1.807) is 0 Å². The maximum absolute atomic E-state index is 12.5. The van der Waals surface area contributed by atoms with Gasteiger partial charge in [-0.1, -0.05) is 140 Å². The van der Waals surface area contributed by atoms with E-state index < -0.39 is 5.54 Å². The molecule has 8 nitrogen and oxygen atoms in total. The number of nitrogens with zero attached hydrogens (tertiary/aromatic N) is 7. The molecule has 1 fully saturated rings. The van der Waals surface area contributed by atoms with Crippen LogP contribution in [-0.4, -0.2) is 40.5 Å². The first-order valence-corrected chi connectivity index (χ1v) is 20.3. The van der Waals surface area contributed by atoms with Gasteiger partial charge in [-0.2, -0.15) is 0 Å². The fourth-order valence-corrected chi connectivity index (χ4v) is 9.45. The number of imidazole rings is 1. The number of carbonyl (C=O) groups is 1. The molecule has 3 heterocycles. The van der Waals surface area contributed by atoms with Crippen LogP contribution in [0.25, 0.3) is 39.8 Å². The highest BCUT2D eigenvalue weighted by molar-refractivity contribution is 6.01. The molecule has 8 aromatic rings. The number of ketones is 1. The second kappa shape index (κ2) is 14.6. The molecule has 0 unspecified atom stereocenters. The molecule has 8 heteroatoms. The summed E-state index contributed by atoms with van der Waals surface area (Å²) in [4.78, 5) is 22.8. The third kappa shape index (κ3) is 5.82. The van der Waals surface area contributed by atoms with Gasteiger partial charge in [0.1, 0.15) is 16.9 Å². The summed E-state index contributed by atoms with van der Waals surface area (Å²) in [6.45, 7) is 4.27. The molecule has 3 aromatic heterocycles. The summed E-state index contributed by atoms with van der Waals surface area (Å²) in [5, 5.41) is 14.0. The highest BCUT2D eigenvalue weighted by Crippen LogP contribution is 2.45. The summed E-state index contributed by atoms with van der Waals surface area (Å²) < 4.78 is 4.37. The van der Waals surface area contributed by atoms with Crippen molar-refractivity contribution in [2.75, 3.05) is 0 Å². The standard InChI is InChI=1S/C50H43N7O/c1-3-46-52-47-33(2)30-40(32-36-16-15-25-45(36)58)51-49(47)56(46)44-29-27-35-31-34(26-28-42(35)44)41-23-13-14-24-43(41)48-53-54-55-57(48)50(37-17-7-4-8-18-37,38-19-9-5-10-20-38)39-21-11-6-12-22-39/h4-14,17-24,26,28,30-32,44H,3,15-16,25,27,29H2,1-2H3/b36-32+/t44-/m0/s1. The Hall–Kier alpha value is -6.80. The van der Waals surface area contributed by atoms with Gasteiger partial charge in [0.15, 0.2) is 17.3 Å². The molecular formula is C50H43N7O. The molecule has 2 aliphatic carbocycles. The van der Waals surface area contributed by atoms with Crippen LogP contribution in [0.3, 0.4) is 0 Å². The maximum Gasteiger partial charge on any atom is 0.184 e. The van der Waals surface area contributed by atoms with E-state index in [2.05, 4.69) is 145 Å². The number of rotatable bonds is 9. The average molecular weight is 758 g/mol. The second-order valence-corrected chi connectivity index (χ2v) is 15.5. The van der Waals surface area contributed by atoms with Crippen LogP contribution in [0, 0.1) is 6.92 Å². The zero-order valence-electron chi connectivity index (χ0n) is 32.7. The predicted molar refractivity (Wildman–Crippen MR) is 228 cm³/mol. The van der Waals surface area contributed by atoms with Gasteiger partial charge in [-0.3, -0.25) is 4.79 Å². The third-order valence-corrected chi connectivity index (χ3v) is 12.1. The number of tetrazole rings is 1. The van der Waals surface area contributed by atoms with Gasteiger partial charge in [0.25, 0.3) is 0 Å². The van der Waals surface area contributed by atoms with Crippen LogP contribution in [0.5, 0.6) is 0 Å². The number of hydrogen-bond donors (Lipinski definition) is 0. The molecule has 284 valence electrons. The van der Waals surface area contributed by atoms with Crippen LogP contribution in [0.1, 0.15) is 83.5 Å². The highest BCUT2D eigenvalue weighted by atomic mass is 16.1. The second-order valence-electron chi connectivity index (χ2n) is 15.5. The molecule has 0 N–H and O–H groups in total. The normalized spacial score (nSPS) is 16.1. The Labute approximate surface area is 338 Å². The summed E-state index contributed by atoms with van der Waals surface area (Å²) in [6.07, 6.45) is 7.05. The van der Waals surface area contributed by atoms with E-state index in [1.165, 1.54) is 11.1 Å². The van der Waals surface area contributed by atoms with Gasteiger partial charge in [0, 0.05) is 18.4 Å². The Balaban J connectivity index is 1.09. The van der Waals surface area contributed by atoms with Crippen molar-refractivity contribution < 1.29 is 4.79 Å². The molecule has 10 rings (SSSR count). The molecule has 5 aromatic carbocycles. The van der Waals surface area contributed by atoms with Crippen molar-refractivity contribution in [3.8, 4) is 22.5 Å². The number of allylic oxidation sites excluding steroid dienone is 1. The van der Waals surface area contributed by atoms with Crippen LogP contribution in [0.15, 0.2) is 145 Å². The van der Waals surface area contributed by atoms with Crippen LogP contribution in [0.4, 0.5) is 0 Å². The SMILES string of the molecule is CCc1nc2c(C)cc(/C=C3\CCCC3=O)nc2n1[C@H]1CCc2cc(-c3ccccc3-c3nnnn3C(c3ccccc3)(c3ccccc3)c3ccccc3)ccc21. The highest BCUT2D eigenvalue weighted by Gasteiger charge is 2.42. The summed E-state index contributed by atoms with van der Waals surface area (Å²) in [5.41, 5.74) is 12.7. The van der Waals surface area contributed by atoms with Crippen molar-refractivity contribution in [3.63, 3.8) is 0 Å². The monoisotopic (exact) mass is 757 g/mol. The van der Waals surface area contributed by atoms with Crippen molar-refractivity contribution in [1.29, 1.82) is 0 Å². The van der Waals surface area contributed by atoms with Gasteiger partial charge < -0.3 is 4.57 Å². The molecule has 0 spiro atoms. The predicted octanol–water partition coefficient (Wildman–Crippen LogP) is 10.1.